The lowest BCUT2D eigenvalue weighted by atomic mass is 9.76. The predicted molar refractivity (Wildman–Crippen MR) is 140 cm³/mol. The molecule has 10 heteroatoms. The Labute approximate surface area is 225 Å². The van der Waals surface area contributed by atoms with Gasteiger partial charge in [-0.15, -0.1) is 0 Å². The molecule has 9 nitrogen and oxygen atoms in total. The Morgan fingerprint density at radius 2 is 1.63 bits per heavy atom. The van der Waals surface area contributed by atoms with Gasteiger partial charge in [-0.3, -0.25) is 24.5 Å². The van der Waals surface area contributed by atoms with Crippen LogP contribution < -0.4 is 10.2 Å². The van der Waals surface area contributed by atoms with Gasteiger partial charge in [0.15, 0.2) is 5.78 Å². The zero-order valence-electron chi connectivity index (χ0n) is 20.1. The number of phenols is 2. The van der Waals surface area contributed by atoms with Crippen LogP contribution >= 0.6 is 15.9 Å². The van der Waals surface area contributed by atoms with E-state index in [-0.39, 0.29) is 35.0 Å². The third-order valence-electron chi connectivity index (χ3n) is 7.31. The molecule has 0 aliphatic carbocycles. The van der Waals surface area contributed by atoms with Crippen molar-refractivity contribution in [2.75, 3.05) is 4.90 Å². The highest BCUT2D eigenvalue weighted by atomic mass is 79.9. The molecule has 4 atom stereocenters. The van der Waals surface area contributed by atoms with E-state index in [9.17, 15) is 34.5 Å². The van der Waals surface area contributed by atoms with E-state index < -0.39 is 41.2 Å². The van der Waals surface area contributed by atoms with E-state index in [1.807, 2.05) is 0 Å². The number of nitrogens with one attached hydrogen (secondary N) is 1. The lowest BCUT2D eigenvalue weighted by molar-refractivity contribution is -0.148. The predicted octanol–water partition coefficient (Wildman–Crippen LogP) is 3.58. The van der Waals surface area contributed by atoms with Gasteiger partial charge in [-0.2, -0.15) is 0 Å². The number of hydrogen-bond donors (Lipinski definition) is 4. The number of ketones is 1. The fraction of sp³-hybridized carbons (Fsp3) is 0.214. The van der Waals surface area contributed by atoms with Gasteiger partial charge in [0.05, 0.1) is 17.5 Å². The summed E-state index contributed by atoms with van der Waals surface area (Å²) in [6, 6.07) is 15.5. The van der Waals surface area contributed by atoms with Gasteiger partial charge in [0.25, 0.3) is 0 Å². The Bertz CT molecular complexity index is 1470. The summed E-state index contributed by atoms with van der Waals surface area (Å²) < 4.78 is 0.600. The fourth-order valence-electron chi connectivity index (χ4n) is 5.51. The number of carbonyl (C=O) groups is 4. The van der Waals surface area contributed by atoms with Crippen molar-refractivity contribution < 1.29 is 34.5 Å². The minimum Gasteiger partial charge on any atom is -0.508 e. The summed E-state index contributed by atoms with van der Waals surface area (Å²) in [5.74, 6) is -5.41. The van der Waals surface area contributed by atoms with Crippen molar-refractivity contribution >= 4 is 45.2 Å². The molecule has 0 bridgehead atoms. The molecule has 38 heavy (non-hydrogen) atoms. The molecule has 2 saturated heterocycles. The van der Waals surface area contributed by atoms with Crippen molar-refractivity contribution in [3.8, 4) is 11.5 Å². The Kier molecular flexibility index (Phi) is 6.32. The van der Waals surface area contributed by atoms with Crippen LogP contribution in [-0.4, -0.2) is 44.4 Å². The monoisotopic (exact) mass is 578 g/mol. The third-order valence-corrected chi connectivity index (χ3v) is 7.81. The largest absolute Gasteiger partial charge is 0.508 e. The standard InChI is InChI=1S/C28H23BrN2O7/c1-14(32)16-4-7-18(8-5-16)31-25(35)22-23(26(31)36)28(27(37)38,13-15-2-9-19(33)10-3-15)30-24(22)20-12-17(29)6-11-21(20)34/h2-12,22-24,30,33-34H,13H2,1H3,(H,37,38). The summed E-state index contributed by atoms with van der Waals surface area (Å²) in [6.07, 6.45) is -0.162. The molecular formula is C28H23BrN2O7. The summed E-state index contributed by atoms with van der Waals surface area (Å²) in [7, 11) is 0. The number of aliphatic carboxylic acids is 1. The number of phenolic OH excluding ortho intramolecular Hbond substituents is 2. The molecule has 5 rings (SSSR count). The van der Waals surface area contributed by atoms with Gasteiger partial charge in [0, 0.05) is 28.1 Å². The van der Waals surface area contributed by atoms with Crippen molar-refractivity contribution in [2.24, 2.45) is 11.8 Å². The Morgan fingerprint density at radius 1 is 0.974 bits per heavy atom. The van der Waals surface area contributed by atoms with Crippen LogP contribution in [0.1, 0.15) is 34.5 Å². The highest BCUT2D eigenvalue weighted by Crippen LogP contribution is 2.52. The Morgan fingerprint density at radius 3 is 2.24 bits per heavy atom. The topological polar surface area (TPSA) is 144 Å². The quantitative estimate of drug-likeness (QED) is 0.256. The highest BCUT2D eigenvalue weighted by molar-refractivity contribution is 9.10. The molecule has 2 fully saturated rings. The van der Waals surface area contributed by atoms with Crippen LogP contribution in [0.2, 0.25) is 0 Å². The van der Waals surface area contributed by atoms with Gasteiger partial charge in [-0.1, -0.05) is 28.1 Å². The van der Waals surface area contributed by atoms with Gasteiger partial charge >= 0.3 is 5.97 Å². The van der Waals surface area contributed by atoms with E-state index in [2.05, 4.69) is 21.2 Å². The number of carboxylic acids is 1. The molecule has 2 aliphatic rings. The second-order valence-corrected chi connectivity index (χ2v) is 10.5. The van der Waals surface area contributed by atoms with E-state index in [0.29, 0.717) is 15.6 Å². The zero-order valence-corrected chi connectivity index (χ0v) is 21.7. The fourth-order valence-corrected chi connectivity index (χ4v) is 5.89. The number of fused-ring (bicyclic) bond motifs is 1. The number of halogens is 1. The Balaban J connectivity index is 1.66. The average molecular weight is 579 g/mol. The number of hydrogen-bond acceptors (Lipinski definition) is 7. The van der Waals surface area contributed by atoms with Gasteiger partial charge in [0.2, 0.25) is 11.8 Å². The van der Waals surface area contributed by atoms with Crippen LogP contribution in [0.4, 0.5) is 5.69 Å². The maximum atomic E-state index is 13.9. The minimum absolute atomic E-state index is 0.000351. The molecular weight excluding hydrogens is 556 g/mol. The number of imide groups is 1. The van der Waals surface area contributed by atoms with Crippen LogP contribution in [0.3, 0.4) is 0 Å². The van der Waals surface area contributed by atoms with Crippen molar-refractivity contribution in [2.45, 2.75) is 24.9 Å². The van der Waals surface area contributed by atoms with E-state index >= 15 is 0 Å². The first-order chi connectivity index (χ1) is 18.0. The number of Topliss-reactive ketones (excluding diaryl/α,β-unsaturated/α-hetero) is 1. The van der Waals surface area contributed by atoms with E-state index in [1.165, 1.54) is 49.4 Å². The number of anilines is 1. The minimum atomic E-state index is -1.90. The van der Waals surface area contributed by atoms with Crippen molar-refractivity contribution in [3.05, 3.63) is 87.9 Å². The maximum absolute atomic E-state index is 13.9. The average Bonchev–Trinajstić information content (AvgIpc) is 3.36. The highest BCUT2D eigenvalue weighted by Gasteiger charge is 2.68. The lowest BCUT2D eigenvalue weighted by Crippen LogP contribution is -2.57. The molecule has 0 aromatic heterocycles. The molecule has 4 unspecified atom stereocenters. The van der Waals surface area contributed by atoms with Crippen molar-refractivity contribution in [1.82, 2.24) is 5.32 Å². The third kappa shape index (κ3) is 4.06. The summed E-state index contributed by atoms with van der Waals surface area (Å²) in [4.78, 5) is 53.5. The normalized spacial score (nSPS) is 24.5. The SMILES string of the molecule is CC(=O)c1ccc(N2C(=O)C3C(c4cc(Br)ccc4O)NC(Cc4ccc(O)cc4)(C(=O)O)C3C2=O)cc1. The summed E-state index contributed by atoms with van der Waals surface area (Å²) in [5, 5.41) is 34.0. The zero-order chi connectivity index (χ0) is 27.4. The number of benzene rings is 3. The number of nitrogens with zero attached hydrogens (tertiary/aromatic N) is 1. The lowest BCUT2D eigenvalue weighted by Gasteiger charge is -2.31. The summed E-state index contributed by atoms with van der Waals surface area (Å²) in [5.41, 5.74) is -0.473. The molecule has 2 amide bonds. The second-order valence-electron chi connectivity index (χ2n) is 9.56. The number of rotatable bonds is 6. The van der Waals surface area contributed by atoms with E-state index in [4.69, 9.17) is 0 Å². The summed E-state index contributed by atoms with van der Waals surface area (Å²) >= 11 is 3.36. The number of aromatic hydroxyl groups is 2. The summed E-state index contributed by atoms with van der Waals surface area (Å²) in [6.45, 7) is 1.40. The molecule has 2 aliphatic heterocycles. The van der Waals surface area contributed by atoms with E-state index in [0.717, 1.165) is 4.90 Å². The van der Waals surface area contributed by atoms with Crippen LogP contribution in [-0.2, 0) is 20.8 Å². The van der Waals surface area contributed by atoms with Crippen LogP contribution in [0.25, 0.3) is 0 Å². The molecule has 2 heterocycles. The molecule has 3 aromatic carbocycles. The smallest absolute Gasteiger partial charge is 0.325 e. The first-order valence-electron chi connectivity index (χ1n) is 11.8. The number of carboxylic acid groups (broad SMARTS) is 1. The molecule has 0 spiro atoms. The van der Waals surface area contributed by atoms with Crippen LogP contribution in [0.15, 0.2) is 71.2 Å². The van der Waals surface area contributed by atoms with E-state index in [1.54, 1.807) is 24.3 Å². The maximum Gasteiger partial charge on any atom is 0.325 e. The van der Waals surface area contributed by atoms with Gasteiger partial charge in [-0.25, -0.2) is 4.90 Å². The molecule has 0 saturated carbocycles. The number of amides is 2. The van der Waals surface area contributed by atoms with Crippen LogP contribution in [0, 0.1) is 11.8 Å². The first kappa shape index (κ1) is 25.6. The second kappa shape index (κ2) is 9.38. The molecule has 194 valence electrons. The van der Waals surface area contributed by atoms with Crippen molar-refractivity contribution in [1.29, 1.82) is 0 Å². The van der Waals surface area contributed by atoms with Crippen LogP contribution in [0.5, 0.6) is 11.5 Å². The number of carbonyl (C=O) groups excluding carboxylic acids is 3. The van der Waals surface area contributed by atoms with Gasteiger partial charge in [-0.05, 0) is 67.1 Å². The van der Waals surface area contributed by atoms with Crippen molar-refractivity contribution in [3.63, 3.8) is 0 Å². The molecule has 4 N–H and O–H groups in total. The molecule has 0 radical (unpaired) electrons. The Hall–Kier alpha value is -4.02. The van der Waals surface area contributed by atoms with Gasteiger partial charge < -0.3 is 15.3 Å². The first-order valence-corrected chi connectivity index (χ1v) is 12.6. The molecule has 3 aromatic rings. The van der Waals surface area contributed by atoms with Gasteiger partial charge in [0.1, 0.15) is 17.0 Å².